The molecular weight excluding hydrogens is 281 g/mol. The fourth-order valence-corrected chi connectivity index (χ4v) is 1.43. The molecule has 0 saturated carbocycles. The van der Waals surface area contributed by atoms with Crippen molar-refractivity contribution in [1.29, 1.82) is 0 Å². The number of aliphatic carboxylic acids is 1. The number of carboxylic acid groups (broad SMARTS) is 1. The lowest BCUT2D eigenvalue weighted by atomic mass is 10.2. The van der Waals surface area contributed by atoms with Crippen LogP contribution in [0.2, 0.25) is 0 Å². The molecule has 4 nitrogen and oxygen atoms in total. The molecule has 0 aliphatic carbocycles. The Morgan fingerprint density at radius 2 is 2.12 bits per heavy atom. The minimum absolute atomic E-state index is 0.0631. The van der Waals surface area contributed by atoms with Crippen LogP contribution < -0.4 is 5.32 Å². The molecule has 0 heterocycles. The van der Waals surface area contributed by atoms with Crippen molar-refractivity contribution in [3.05, 3.63) is 34.1 Å². The lowest BCUT2D eigenvalue weighted by Gasteiger charge is -2.10. The van der Waals surface area contributed by atoms with Crippen molar-refractivity contribution in [2.45, 2.75) is 13.0 Å². The highest BCUT2D eigenvalue weighted by molar-refractivity contribution is 9.10. The third-order valence-corrected chi connectivity index (χ3v) is 2.58. The molecule has 0 aliphatic rings. The fourth-order valence-electron chi connectivity index (χ4n) is 1.01. The molecule has 1 amide bonds. The number of halogens is 2. The first-order valence-corrected chi connectivity index (χ1v) is 5.20. The minimum atomic E-state index is -1.15. The maximum atomic E-state index is 12.9. The predicted octanol–water partition coefficient (Wildman–Crippen LogP) is 1.79. The van der Waals surface area contributed by atoms with Crippen molar-refractivity contribution < 1.29 is 19.1 Å². The molecule has 0 aromatic heterocycles. The monoisotopic (exact) mass is 289 g/mol. The van der Waals surface area contributed by atoms with Crippen molar-refractivity contribution in [2.24, 2.45) is 0 Å². The number of nitrogens with one attached hydrogen (secondary N) is 1. The molecule has 0 saturated heterocycles. The van der Waals surface area contributed by atoms with Crippen molar-refractivity contribution >= 4 is 27.8 Å². The molecule has 1 aromatic carbocycles. The largest absolute Gasteiger partial charge is 0.480 e. The van der Waals surface area contributed by atoms with Crippen LogP contribution in [-0.2, 0) is 4.79 Å². The van der Waals surface area contributed by atoms with Crippen molar-refractivity contribution in [3.8, 4) is 0 Å². The number of hydrogen-bond donors (Lipinski definition) is 2. The molecule has 0 aliphatic heterocycles. The van der Waals surface area contributed by atoms with Gasteiger partial charge in [-0.2, -0.15) is 0 Å². The van der Waals surface area contributed by atoms with E-state index >= 15 is 0 Å². The van der Waals surface area contributed by atoms with Crippen LogP contribution in [0.3, 0.4) is 0 Å². The van der Waals surface area contributed by atoms with Crippen molar-refractivity contribution in [1.82, 2.24) is 5.32 Å². The molecule has 0 radical (unpaired) electrons. The molecule has 86 valence electrons. The Morgan fingerprint density at radius 3 is 2.69 bits per heavy atom. The summed E-state index contributed by atoms with van der Waals surface area (Å²) in [6.45, 7) is 1.33. The van der Waals surface area contributed by atoms with E-state index in [0.29, 0.717) is 4.47 Å². The van der Waals surface area contributed by atoms with Gasteiger partial charge in [0.1, 0.15) is 11.9 Å². The number of hydrogen-bond acceptors (Lipinski definition) is 2. The molecule has 0 spiro atoms. The summed E-state index contributed by atoms with van der Waals surface area (Å²) in [6.07, 6.45) is 0. The second-order valence-corrected chi connectivity index (χ2v) is 4.01. The quantitative estimate of drug-likeness (QED) is 0.892. The van der Waals surface area contributed by atoms with E-state index in [4.69, 9.17) is 5.11 Å². The highest BCUT2D eigenvalue weighted by Crippen LogP contribution is 2.17. The Morgan fingerprint density at radius 1 is 1.50 bits per heavy atom. The SMILES string of the molecule is C[C@H](NC(=O)c1cc(F)ccc1Br)C(=O)O. The van der Waals surface area contributed by atoms with Gasteiger partial charge in [-0.15, -0.1) is 0 Å². The molecule has 6 heteroatoms. The average Bonchev–Trinajstić information content (AvgIpc) is 2.21. The van der Waals surface area contributed by atoms with Gasteiger partial charge in [0, 0.05) is 4.47 Å². The maximum Gasteiger partial charge on any atom is 0.325 e. The molecule has 0 bridgehead atoms. The second-order valence-electron chi connectivity index (χ2n) is 3.16. The van der Waals surface area contributed by atoms with Gasteiger partial charge < -0.3 is 10.4 Å². The van der Waals surface area contributed by atoms with E-state index in [1.165, 1.54) is 19.1 Å². The summed E-state index contributed by atoms with van der Waals surface area (Å²) >= 11 is 3.08. The summed E-state index contributed by atoms with van der Waals surface area (Å²) in [7, 11) is 0. The zero-order valence-electron chi connectivity index (χ0n) is 8.33. The van der Waals surface area contributed by atoms with Crippen molar-refractivity contribution in [2.75, 3.05) is 0 Å². The Hall–Kier alpha value is -1.43. The minimum Gasteiger partial charge on any atom is -0.480 e. The van der Waals surface area contributed by atoms with Gasteiger partial charge in [0.15, 0.2) is 0 Å². The van der Waals surface area contributed by atoms with Crippen LogP contribution in [0.4, 0.5) is 4.39 Å². The van der Waals surface area contributed by atoms with Gasteiger partial charge in [-0.05, 0) is 41.1 Å². The number of benzene rings is 1. The fraction of sp³-hybridized carbons (Fsp3) is 0.200. The smallest absolute Gasteiger partial charge is 0.325 e. The van der Waals surface area contributed by atoms with E-state index in [-0.39, 0.29) is 5.56 Å². The average molecular weight is 290 g/mol. The normalized spacial score (nSPS) is 11.9. The van der Waals surface area contributed by atoms with E-state index < -0.39 is 23.7 Å². The van der Waals surface area contributed by atoms with Gasteiger partial charge in [-0.3, -0.25) is 9.59 Å². The highest BCUT2D eigenvalue weighted by atomic mass is 79.9. The molecule has 0 fully saturated rings. The first kappa shape index (κ1) is 12.6. The van der Waals surface area contributed by atoms with Crippen LogP contribution in [0.25, 0.3) is 0 Å². The summed E-state index contributed by atoms with van der Waals surface area (Å²) in [5.41, 5.74) is 0.0631. The van der Waals surface area contributed by atoms with E-state index in [9.17, 15) is 14.0 Å². The molecular formula is C10H9BrFNO3. The van der Waals surface area contributed by atoms with Crippen LogP contribution >= 0.6 is 15.9 Å². The van der Waals surface area contributed by atoms with Crippen molar-refractivity contribution in [3.63, 3.8) is 0 Å². The lowest BCUT2D eigenvalue weighted by Crippen LogP contribution is -2.38. The lowest BCUT2D eigenvalue weighted by molar-refractivity contribution is -0.138. The Balaban J connectivity index is 2.88. The van der Waals surface area contributed by atoms with E-state index in [1.807, 2.05) is 0 Å². The summed E-state index contributed by atoms with van der Waals surface area (Å²) < 4.78 is 13.3. The van der Waals surface area contributed by atoms with E-state index in [1.54, 1.807) is 0 Å². The topological polar surface area (TPSA) is 66.4 Å². The summed E-state index contributed by atoms with van der Waals surface area (Å²) in [6, 6.07) is 2.59. The Kier molecular flexibility index (Phi) is 4.00. The van der Waals surface area contributed by atoms with Gasteiger partial charge in [0.2, 0.25) is 0 Å². The van der Waals surface area contributed by atoms with Gasteiger partial charge in [-0.1, -0.05) is 0 Å². The first-order valence-electron chi connectivity index (χ1n) is 4.40. The number of rotatable bonds is 3. The molecule has 2 N–H and O–H groups in total. The highest BCUT2D eigenvalue weighted by Gasteiger charge is 2.17. The Bertz CT molecular complexity index is 436. The summed E-state index contributed by atoms with van der Waals surface area (Å²) in [4.78, 5) is 22.1. The van der Waals surface area contributed by atoms with E-state index in [0.717, 1.165) is 6.07 Å². The molecule has 1 aromatic rings. The number of carbonyl (C=O) groups excluding carboxylic acids is 1. The van der Waals surface area contributed by atoms with Crippen LogP contribution in [0.15, 0.2) is 22.7 Å². The zero-order chi connectivity index (χ0) is 12.3. The summed E-state index contributed by atoms with van der Waals surface area (Å²) in [5, 5.41) is 10.8. The molecule has 1 atom stereocenters. The maximum absolute atomic E-state index is 12.9. The van der Waals surface area contributed by atoms with Gasteiger partial charge in [0.25, 0.3) is 5.91 Å². The number of amides is 1. The predicted molar refractivity (Wildman–Crippen MR) is 58.7 cm³/mol. The molecule has 0 unspecified atom stereocenters. The molecule has 1 rings (SSSR count). The summed E-state index contributed by atoms with van der Waals surface area (Å²) in [5.74, 6) is -2.35. The van der Waals surface area contributed by atoms with Gasteiger partial charge >= 0.3 is 5.97 Å². The van der Waals surface area contributed by atoms with E-state index in [2.05, 4.69) is 21.2 Å². The van der Waals surface area contributed by atoms with Crippen LogP contribution in [0, 0.1) is 5.82 Å². The van der Waals surface area contributed by atoms with Crippen LogP contribution in [0.5, 0.6) is 0 Å². The van der Waals surface area contributed by atoms with Crippen LogP contribution in [0.1, 0.15) is 17.3 Å². The molecule has 16 heavy (non-hydrogen) atoms. The second kappa shape index (κ2) is 5.07. The van der Waals surface area contributed by atoms with Gasteiger partial charge in [0.05, 0.1) is 5.56 Å². The van der Waals surface area contributed by atoms with Crippen LogP contribution in [-0.4, -0.2) is 23.0 Å². The zero-order valence-corrected chi connectivity index (χ0v) is 9.92. The van der Waals surface area contributed by atoms with Gasteiger partial charge in [-0.25, -0.2) is 4.39 Å². The third-order valence-electron chi connectivity index (χ3n) is 1.89. The standard InChI is InChI=1S/C10H9BrFNO3/c1-5(10(15)16)13-9(14)7-4-6(12)2-3-8(7)11/h2-5H,1H3,(H,13,14)(H,15,16)/t5-/m0/s1. The Labute approximate surface area is 99.6 Å². The number of carbonyl (C=O) groups is 2. The first-order chi connectivity index (χ1) is 7.41. The number of carboxylic acids is 1. The third kappa shape index (κ3) is 3.03.